The zero-order valence-corrected chi connectivity index (χ0v) is 6.77. The Kier molecular flexibility index (Phi) is 8.82. The summed E-state index contributed by atoms with van der Waals surface area (Å²) in [5, 5.41) is 4.50. The van der Waals surface area contributed by atoms with E-state index >= 15 is 0 Å². The second-order valence-electron chi connectivity index (χ2n) is 2.23. The van der Waals surface area contributed by atoms with Crippen molar-refractivity contribution < 1.29 is 9.68 Å². The number of hydrogen-bond acceptors (Lipinski definition) is 6. The van der Waals surface area contributed by atoms with Crippen molar-refractivity contribution in [3.63, 3.8) is 0 Å². The third-order valence-electron chi connectivity index (χ3n) is 1.33. The number of rotatable bonds is 9. The SMILES string of the molecule is O=NOCCCCCCON=O. The Bertz CT molecular complexity index is 106. The van der Waals surface area contributed by atoms with Crippen LogP contribution in [-0.4, -0.2) is 13.2 Å². The van der Waals surface area contributed by atoms with Crippen molar-refractivity contribution in [2.24, 2.45) is 10.7 Å². The van der Waals surface area contributed by atoms with E-state index in [1.807, 2.05) is 0 Å². The first-order valence-corrected chi connectivity index (χ1v) is 3.81. The summed E-state index contributed by atoms with van der Waals surface area (Å²) in [4.78, 5) is 27.3. The molecule has 0 aromatic heterocycles. The van der Waals surface area contributed by atoms with Crippen LogP contribution in [0.5, 0.6) is 0 Å². The fraction of sp³-hybridized carbons (Fsp3) is 1.00. The molecule has 0 bridgehead atoms. The largest absolute Gasteiger partial charge is 0.364 e. The molecule has 0 atom stereocenters. The number of unbranched alkanes of at least 4 members (excludes halogenated alkanes) is 3. The minimum absolute atomic E-state index is 0.357. The normalized spacial score (nSPS) is 9.00. The van der Waals surface area contributed by atoms with Crippen molar-refractivity contribution in [3.8, 4) is 0 Å². The van der Waals surface area contributed by atoms with Crippen molar-refractivity contribution in [2.45, 2.75) is 25.7 Å². The Morgan fingerprint density at radius 2 is 1.17 bits per heavy atom. The Balaban J connectivity index is 2.81. The van der Waals surface area contributed by atoms with Gasteiger partial charge in [0.05, 0.1) is 0 Å². The maximum atomic E-state index is 9.44. The van der Waals surface area contributed by atoms with Gasteiger partial charge in [0.15, 0.2) is 10.7 Å². The van der Waals surface area contributed by atoms with Gasteiger partial charge in [0.2, 0.25) is 0 Å². The number of nitrogens with zero attached hydrogens (tertiary/aromatic N) is 2. The summed E-state index contributed by atoms with van der Waals surface area (Å²) in [7, 11) is 0. The van der Waals surface area contributed by atoms with Gasteiger partial charge < -0.3 is 9.68 Å². The molecular weight excluding hydrogens is 164 g/mol. The minimum atomic E-state index is 0.357. The van der Waals surface area contributed by atoms with E-state index in [4.69, 9.17) is 0 Å². The highest BCUT2D eigenvalue weighted by Crippen LogP contribution is 2.00. The van der Waals surface area contributed by atoms with E-state index in [0.29, 0.717) is 13.2 Å². The molecule has 0 heterocycles. The van der Waals surface area contributed by atoms with Gasteiger partial charge in [-0.1, -0.05) is 0 Å². The lowest BCUT2D eigenvalue weighted by atomic mass is 10.2. The zero-order chi connectivity index (χ0) is 9.07. The van der Waals surface area contributed by atoms with Crippen LogP contribution in [0, 0.1) is 9.81 Å². The first kappa shape index (κ1) is 10.8. The molecule has 0 amide bonds. The Hall–Kier alpha value is -1.20. The van der Waals surface area contributed by atoms with E-state index in [2.05, 4.69) is 20.4 Å². The fourth-order valence-corrected chi connectivity index (χ4v) is 0.761. The van der Waals surface area contributed by atoms with Crippen molar-refractivity contribution in [2.75, 3.05) is 13.2 Å². The Labute approximate surface area is 70.1 Å². The Morgan fingerprint density at radius 3 is 1.50 bits per heavy atom. The minimum Gasteiger partial charge on any atom is -0.364 e. The molecule has 0 aliphatic rings. The van der Waals surface area contributed by atoms with E-state index in [9.17, 15) is 9.81 Å². The lowest BCUT2D eigenvalue weighted by Gasteiger charge is -1.97. The second kappa shape index (κ2) is 9.80. The molecule has 12 heavy (non-hydrogen) atoms. The molecule has 0 saturated heterocycles. The van der Waals surface area contributed by atoms with Crippen molar-refractivity contribution in [1.82, 2.24) is 0 Å². The fourth-order valence-electron chi connectivity index (χ4n) is 0.761. The highest BCUT2D eigenvalue weighted by molar-refractivity contribution is 4.41. The summed E-state index contributed by atoms with van der Waals surface area (Å²) in [5.41, 5.74) is 0. The van der Waals surface area contributed by atoms with Gasteiger partial charge in [0.25, 0.3) is 0 Å². The maximum Gasteiger partial charge on any atom is 0.155 e. The predicted molar refractivity (Wildman–Crippen MR) is 42.0 cm³/mol. The molecule has 0 N–H and O–H groups in total. The summed E-state index contributed by atoms with van der Waals surface area (Å²) in [5.74, 6) is 0. The van der Waals surface area contributed by atoms with Crippen LogP contribution in [0.4, 0.5) is 0 Å². The molecule has 0 aliphatic heterocycles. The molecule has 70 valence electrons. The summed E-state index contributed by atoms with van der Waals surface area (Å²) in [6.07, 6.45) is 3.44. The molecule has 0 radical (unpaired) electrons. The first-order valence-electron chi connectivity index (χ1n) is 3.81. The van der Waals surface area contributed by atoms with Gasteiger partial charge in [-0.3, -0.25) is 0 Å². The average Bonchev–Trinajstić information content (AvgIpc) is 2.10. The predicted octanol–water partition coefficient (Wildman–Crippen LogP) is 1.94. The molecule has 6 nitrogen and oxygen atoms in total. The highest BCUT2D eigenvalue weighted by atomic mass is 16.7. The van der Waals surface area contributed by atoms with Crippen molar-refractivity contribution in [3.05, 3.63) is 9.81 Å². The van der Waals surface area contributed by atoms with E-state index in [1.165, 1.54) is 0 Å². The van der Waals surface area contributed by atoms with Crippen LogP contribution in [0.3, 0.4) is 0 Å². The van der Waals surface area contributed by atoms with Gasteiger partial charge in [-0.2, -0.15) is 0 Å². The van der Waals surface area contributed by atoms with E-state index in [0.717, 1.165) is 25.7 Å². The lowest BCUT2D eigenvalue weighted by Crippen LogP contribution is -1.90. The topological polar surface area (TPSA) is 77.3 Å². The van der Waals surface area contributed by atoms with Crippen molar-refractivity contribution >= 4 is 0 Å². The molecule has 0 fully saturated rings. The van der Waals surface area contributed by atoms with Gasteiger partial charge in [-0.25, -0.2) is 0 Å². The lowest BCUT2D eigenvalue weighted by molar-refractivity contribution is 0.126. The standard InChI is InChI=1S/C6H12N2O4/c9-7-11-5-3-1-2-4-6-12-8-10/h1-6H2. The molecule has 0 unspecified atom stereocenters. The summed E-state index contributed by atoms with van der Waals surface area (Å²) in [6, 6.07) is 0. The average molecular weight is 176 g/mol. The summed E-state index contributed by atoms with van der Waals surface area (Å²) < 4.78 is 0. The third-order valence-corrected chi connectivity index (χ3v) is 1.33. The van der Waals surface area contributed by atoms with Crippen LogP contribution in [0.15, 0.2) is 10.7 Å². The summed E-state index contributed by atoms with van der Waals surface area (Å²) in [6.45, 7) is 0.715. The van der Waals surface area contributed by atoms with E-state index in [-0.39, 0.29) is 0 Å². The molecule has 0 aromatic rings. The molecule has 0 aliphatic carbocycles. The van der Waals surface area contributed by atoms with Crippen LogP contribution in [0.1, 0.15) is 25.7 Å². The van der Waals surface area contributed by atoms with Gasteiger partial charge in [-0.15, -0.1) is 9.81 Å². The molecular formula is C6H12N2O4. The van der Waals surface area contributed by atoms with Gasteiger partial charge >= 0.3 is 0 Å². The summed E-state index contributed by atoms with van der Waals surface area (Å²) >= 11 is 0. The van der Waals surface area contributed by atoms with E-state index < -0.39 is 0 Å². The second-order valence-corrected chi connectivity index (χ2v) is 2.23. The molecule has 0 saturated carbocycles. The smallest absolute Gasteiger partial charge is 0.155 e. The van der Waals surface area contributed by atoms with Crippen LogP contribution in [-0.2, 0) is 9.68 Å². The number of hydrogen-bond donors (Lipinski definition) is 0. The van der Waals surface area contributed by atoms with Crippen LogP contribution in [0.2, 0.25) is 0 Å². The van der Waals surface area contributed by atoms with Crippen LogP contribution in [0.25, 0.3) is 0 Å². The molecule has 0 rings (SSSR count). The third kappa shape index (κ3) is 8.80. The highest BCUT2D eigenvalue weighted by Gasteiger charge is 1.91. The first-order chi connectivity index (χ1) is 5.91. The monoisotopic (exact) mass is 176 g/mol. The maximum absolute atomic E-state index is 9.44. The van der Waals surface area contributed by atoms with Gasteiger partial charge in [0, 0.05) is 0 Å². The molecule has 6 heteroatoms. The van der Waals surface area contributed by atoms with E-state index in [1.54, 1.807) is 0 Å². The quantitative estimate of drug-likeness (QED) is 0.305. The van der Waals surface area contributed by atoms with Gasteiger partial charge in [-0.05, 0) is 25.7 Å². The zero-order valence-electron chi connectivity index (χ0n) is 6.77. The van der Waals surface area contributed by atoms with Gasteiger partial charge in [0.1, 0.15) is 13.2 Å². The molecule has 0 spiro atoms. The van der Waals surface area contributed by atoms with Crippen LogP contribution >= 0.6 is 0 Å². The molecule has 0 aromatic carbocycles. The van der Waals surface area contributed by atoms with Crippen molar-refractivity contribution in [1.29, 1.82) is 0 Å². The Morgan fingerprint density at radius 1 is 0.750 bits per heavy atom. The van der Waals surface area contributed by atoms with Crippen LogP contribution < -0.4 is 0 Å².